The number of sulfonamides is 1. The first-order valence-electron chi connectivity index (χ1n) is 5.02. The van der Waals surface area contributed by atoms with Crippen LogP contribution in [0, 0.1) is 13.8 Å². The van der Waals surface area contributed by atoms with Crippen molar-refractivity contribution in [2.24, 2.45) is 0 Å². The molecule has 2 N–H and O–H groups in total. The highest BCUT2D eigenvalue weighted by Gasteiger charge is 2.24. The summed E-state index contributed by atoms with van der Waals surface area (Å²) in [6, 6.07) is -0.0984. The Kier molecular flexibility index (Phi) is 4.52. The Bertz CT molecular complexity index is 432. The Labute approximate surface area is 104 Å². The van der Waals surface area contributed by atoms with Crippen LogP contribution in [0.3, 0.4) is 0 Å². The highest BCUT2D eigenvalue weighted by atomic mass is 79.9. The van der Waals surface area contributed by atoms with Gasteiger partial charge in [0.15, 0.2) is 0 Å². The lowest BCUT2D eigenvalue weighted by molar-refractivity contribution is 0.558. The molecule has 1 aromatic heterocycles. The molecule has 16 heavy (non-hydrogen) atoms. The number of nitrogens with zero attached hydrogens (tertiary/aromatic N) is 1. The van der Waals surface area contributed by atoms with Gasteiger partial charge in [-0.1, -0.05) is 22.9 Å². The van der Waals surface area contributed by atoms with Crippen molar-refractivity contribution in [2.45, 2.75) is 38.1 Å². The molecule has 5 nitrogen and oxygen atoms in total. The van der Waals surface area contributed by atoms with Crippen LogP contribution in [-0.4, -0.2) is 30.0 Å². The predicted molar refractivity (Wildman–Crippen MR) is 66.3 cm³/mol. The third kappa shape index (κ3) is 2.83. The first-order chi connectivity index (χ1) is 7.42. The molecule has 1 rings (SSSR count). The van der Waals surface area contributed by atoms with Gasteiger partial charge in [-0.2, -0.15) is 5.10 Å². The monoisotopic (exact) mass is 309 g/mol. The number of hydrogen-bond donors (Lipinski definition) is 2. The normalized spacial score (nSPS) is 14.0. The van der Waals surface area contributed by atoms with Gasteiger partial charge >= 0.3 is 0 Å². The molecule has 1 aromatic rings. The summed E-state index contributed by atoms with van der Waals surface area (Å²) >= 11 is 3.28. The van der Waals surface area contributed by atoms with Gasteiger partial charge in [-0.05, 0) is 20.3 Å². The SMILES string of the molecule is CCC(CBr)NS(=O)(=O)c1c(C)n[nH]c1C. The number of halogens is 1. The molecule has 1 unspecified atom stereocenters. The fraction of sp³-hybridized carbons (Fsp3) is 0.667. The number of aryl methyl sites for hydroxylation is 2. The highest BCUT2D eigenvalue weighted by molar-refractivity contribution is 9.09. The molecular formula is C9H16BrN3O2S. The van der Waals surface area contributed by atoms with Gasteiger partial charge in [-0.25, -0.2) is 13.1 Å². The molecule has 0 bridgehead atoms. The van der Waals surface area contributed by atoms with E-state index < -0.39 is 10.0 Å². The average molecular weight is 310 g/mol. The van der Waals surface area contributed by atoms with Crippen molar-refractivity contribution in [1.29, 1.82) is 0 Å². The van der Waals surface area contributed by atoms with Crippen LogP contribution in [0.5, 0.6) is 0 Å². The molecule has 1 atom stereocenters. The minimum atomic E-state index is -3.48. The van der Waals surface area contributed by atoms with Gasteiger partial charge in [-0.3, -0.25) is 5.10 Å². The summed E-state index contributed by atoms with van der Waals surface area (Å²) in [5.41, 5.74) is 1.06. The number of rotatable bonds is 5. The van der Waals surface area contributed by atoms with Crippen LogP contribution >= 0.6 is 15.9 Å². The molecular weight excluding hydrogens is 294 g/mol. The van der Waals surface area contributed by atoms with E-state index in [1.165, 1.54) is 0 Å². The van der Waals surface area contributed by atoms with Crippen LogP contribution in [0.4, 0.5) is 0 Å². The maximum Gasteiger partial charge on any atom is 0.244 e. The standard InChI is InChI=1S/C9H16BrN3O2S/c1-4-8(5-10)13-16(14,15)9-6(2)11-12-7(9)3/h8,13H,4-5H2,1-3H3,(H,11,12). The summed E-state index contributed by atoms with van der Waals surface area (Å²) in [6.07, 6.45) is 0.737. The zero-order valence-electron chi connectivity index (χ0n) is 9.54. The quantitative estimate of drug-likeness (QED) is 0.809. The number of alkyl halides is 1. The number of nitrogens with one attached hydrogen (secondary N) is 2. The van der Waals surface area contributed by atoms with Gasteiger partial charge in [0.05, 0.1) is 11.4 Å². The smallest absolute Gasteiger partial charge is 0.244 e. The van der Waals surface area contributed by atoms with E-state index in [2.05, 4.69) is 30.8 Å². The molecule has 0 amide bonds. The summed E-state index contributed by atoms with van der Waals surface area (Å²) in [5, 5.41) is 7.15. The Morgan fingerprint density at radius 1 is 1.50 bits per heavy atom. The molecule has 0 aliphatic carbocycles. The van der Waals surface area contributed by atoms with Gasteiger partial charge in [0.1, 0.15) is 4.90 Å². The molecule has 0 aromatic carbocycles. The maximum absolute atomic E-state index is 12.1. The van der Waals surface area contributed by atoms with E-state index in [-0.39, 0.29) is 10.9 Å². The van der Waals surface area contributed by atoms with E-state index >= 15 is 0 Å². The summed E-state index contributed by atoms with van der Waals surface area (Å²) in [7, 11) is -3.48. The second-order valence-corrected chi connectivity index (χ2v) is 5.94. The maximum atomic E-state index is 12.1. The van der Waals surface area contributed by atoms with E-state index in [9.17, 15) is 8.42 Å². The van der Waals surface area contributed by atoms with Crippen LogP contribution in [0.25, 0.3) is 0 Å². The van der Waals surface area contributed by atoms with Crippen molar-refractivity contribution >= 4 is 26.0 Å². The van der Waals surface area contributed by atoms with Gasteiger partial charge in [0.2, 0.25) is 10.0 Å². The zero-order valence-corrected chi connectivity index (χ0v) is 11.9. The molecule has 0 radical (unpaired) electrons. The Morgan fingerprint density at radius 2 is 2.12 bits per heavy atom. The fourth-order valence-electron chi connectivity index (χ4n) is 1.44. The van der Waals surface area contributed by atoms with Crippen LogP contribution < -0.4 is 4.72 Å². The number of aromatic amines is 1. The Morgan fingerprint density at radius 3 is 2.50 bits per heavy atom. The van der Waals surface area contributed by atoms with E-state index in [1.54, 1.807) is 13.8 Å². The first kappa shape index (κ1) is 13.7. The molecule has 0 spiro atoms. The van der Waals surface area contributed by atoms with Gasteiger partial charge in [0, 0.05) is 11.4 Å². The lowest BCUT2D eigenvalue weighted by atomic mass is 10.3. The Balaban J connectivity index is 3.03. The second kappa shape index (κ2) is 5.29. The van der Waals surface area contributed by atoms with Crippen molar-refractivity contribution in [3.05, 3.63) is 11.4 Å². The molecule has 1 heterocycles. The lowest BCUT2D eigenvalue weighted by Gasteiger charge is -2.14. The van der Waals surface area contributed by atoms with Crippen molar-refractivity contribution in [1.82, 2.24) is 14.9 Å². The van der Waals surface area contributed by atoms with Gasteiger partial charge < -0.3 is 0 Å². The molecule has 92 valence electrons. The van der Waals surface area contributed by atoms with Gasteiger partial charge in [0.25, 0.3) is 0 Å². The van der Waals surface area contributed by atoms with Crippen LogP contribution in [0.15, 0.2) is 4.90 Å². The molecule has 0 aliphatic heterocycles. The summed E-state index contributed by atoms with van der Waals surface area (Å²) in [6.45, 7) is 5.31. The molecule has 0 fully saturated rings. The fourth-order valence-corrected chi connectivity index (χ4v) is 3.96. The molecule has 0 saturated carbocycles. The zero-order chi connectivity index (χ0) is 12.3. The largest absolute Gasteiger partial charge is 0.281 e. The van der Waals surface area contributed by atoms with E-state index in [1.807, 2.05) is 6.92 Å². The van der Waals surface area contributed by atoms with Crippen molar-refractivity contribution in [3.8, 4) is 0 Å². The summed E-state index contributed by atoms with van der Waals surface area (Å²) in [4.78, 5) is 0.256. The molecule has 0 saturated heterocycles. The third-order valence-corrected chi connectivity index (χ3v) is 4.89. The minimum Gasteiger partial charge on any atom is -0.281 e. The van der Waals surface area contributed by atoms with Crippen molar-refractivity contribution < 1.29 is 8.42 Å². The second-order valence-electron chi connectivity index (χ2n) is 3.64. The van der Waals surface area contributed by atoms with Gasteiger partial charge in [-0.15, -0.1) is 0 Å². The van der Waals surface area contributed by atoms with E-state index in [0.29, 0.717) is 16.7 Å². The summed E-state index contributed by atoms with van der Waals surface area (Å²) < 4.78 is 26.8. The third-order valence-electron chi connectivity index (χ3n) is 2.33. The van der Waals surface area contributed by atoms with Crippen molar-refractivity contribution in [2.75, 3.05) is 5.33 Å². The highest BCUT2D eigenvalue weighted by Crippen LogP contribution is 2.17. The topological polar surface area (TPSA) is 74.8 Å². The lowest BCUT2D eigenvalue weighted by Crippen LogP contribution is -2.35. The first-order valence-corrected chi connectivity index (χ1v) is 7.62. The average Bonchev–Trinajstić information content (AvgIpc) is 2.55. The van der Waals surface area contributed by atoms with Crippen LogP contribution in [0.1, 0.15) is 24.7 Å². The number of hydrogen-bond acceptors (Lipinski definition) is 3. The van der Waals surface area contributed by atoms with E-state index in [0.717, 1.165) is 6.42 Å². The molecule has 0 aliphatic rings. The number of aromatic nitrogens is 2. The predicted octanol–water partition coefficient (Wildman–Crippen LogP) is 1.48. The number of H-pyrrole nitrogens is 1. The van der Waals surface area contributed by atoms with Crippen molar-refractivity contribution in [3.63, 3.8) is 0 Å². The minimum absolute atomic E-state index is 0.0984. The molecule has 7 heteroatoms. The van der Waals surface area contributed by atoms with E-state index in [4.69, 9.17) is 0 Å². The van der Waals surface area contributed by atoms with Crippen LogP contribution in [-0.2, 0) is 10.0 Å². The van der Waals surface area contributed by atoms with Crippen LogP contribution in [0.2, 0.25) is 0 Å². The summed E-state index contributed by atoms with van der Waals surface area (Å²) in [5.74, 6) is 0. The Hall–Kier alpha value is -0.400.